The largest absolute Gasteiger partial charge is 0.344 e. The monoisotopic (exact) mass is 480 g/mol. The Kier molecular flexibility index (Phi) is 4.93. The van der Waals surface area contributed by atoms with E-state index in [9.17, 15) is 4.79 Å². The van der Waals surface area contributed by atoms with Crippen LogP contribution in [0.15, 0.2) is 96.1 Å². The van der Waals surface area contributed by atoms with Crippen LogP contribution in [0, 0.1) is 0 Å². The second-order valence-electron chi connectivity index (χ2n) is 10.2. The zero-order chi connectivity index (χ0) is 25.1. The molecule has 0 saturated heterocycles. The van der Waals surface area contributed by atoms with Crippen LogP contribution in [0.2, 0.25) is 0 Å². The maximum atomic E-state index is 13.5. The Balaban J connectivity index is 1.26. The molecule has 37 heavy (non-hydrogen) atoms. The Morgan fingerprint density at radius 1 is 0.568 bits per heavy atom. The Morgan fingerprint density at radius 3 is 1.49 bits per heavy atom. The average Bonchev–Trinajstić information content (AvgIpc) is 3.37. The van der Waals surface area contributed by atoms with Crippen LogP contribution in [0.3, 0.4) is 0 Å². The van der Waals surface area contributed by atoms with Gasteiger partial charge in [-0.3, -0.25) is 4.79 Å². The summed E-state index contributed by atoms with van der Waals surface area (Å²) in [6, 6.07) is 30.1. The molecular formula is C34H28N2O. The van der Waals surface area contributed by atoms with E-state index in [0.717, 1.165) is 41.5 Å². The Bertz CT molecular complexity index is 1800. The van der Waals surface area contributed by atoms with Gasteiger partial charge >= 0.3 is 0 Å². The topological polar surface area (TPSA) is 26.9 Å². The van der Waals surface area contributed by atoms with Crippen molar-refractivity contribution in [3.05, 3.63) is 107 Å². The number of benzene rings is 4. The second kappa shape index (κ2) is 8.35. The van der Waals surface area contributed by atoms with Crippen molar-refractivity contribution in [2.45, 2.75) is 19.3 Å². The zero-order valence-electron chi connectivity index (χ0n) is 21.2. The minimum absolute atomic E-state index is 0.183. The van der Waals surface area contributed by atoms with Gasteiger partial charge in [0.25, 0.3) is 0 Å². The quantitative estimate of drug-likeness (QED) is 0.230. The summed E-state index contributed by atoms with van der Waals surface area (Å²) in [7, 11) is 4.22. The fourth-order valence-electron chi connectivity index (χ4n) is 6.13. The first-order valence-electron chi connectivity index (χ1n) is 13.0. The molecule has 0 aliphatic heterocycles. The standard InChI is InChI=1S/C34H28N2O/c1-35-30-12-5-3-10-26(30)28-20-22(14-16-32(28)35)18-24-8-7-9-25(34(24)37)19-23-15-17-33-29(21-23)27-11-4-6-13-31(27)36(33)2/h3-6,10-21H,7-9H2,1-2H3/b24-18+,25-19+. The van der Waals surface area contributed by atoms with Crippen LogP contribution in [-0.4, -0.2) is 14.9 Å². The fraction of sp³-hybridized carbons (Fsp3) is 0.147. The summed E-state index contributed by atoms with van der Waals surface area (Å²) in [5, 5.41) is 4.96. The lowest BCUT2D eigenvalue weighted by molar-refractivity contribution is -0.112. The van der Waals surface area contributed by atoms with Gasteiger partial charge in [-0.1, -0.05) is 48.5 Å². The molecule has 180 valence electrons. The van der Waals surface area contributed by atoms with Crippen molar-refractivity contribution in [3.63, 3.8) is 0 Å². The van der Waals surface area contributed by atoms with E-state index in [1.54, 1.807) is 0 Å². The van der Waals surface area contributed by atoms with E-state index in [1.807, 2.05) is 0 Å². The fourth-order valence-corrected chi connectivity index (χ4v) is 6.13. The number of ketones is 1. The predicted molar refractivity (Wildman–Crippen MR) is 156 cm³/mol. The van der Waals surface area contributed by atoms with Crippen LogP contribution in [0.1, 0.15) is 30.4 Å². The maximum absolute atomic E-state index is 13.5. The van der Waals surface area contributed by atoms with E-state index in [4.69, 9.17) is 0 Å². The van der Waals surface area contributed by atoms with Crippen LogP contribution >= 0.6 is 0 Å². The molecular weight excluding hydrogens is 452 g/mol. The number of rotatable bonds is 2. The number of hydrogen-bond acceptors (Lipinski definition) is 1. The molecule has 4 aromatic carbocycles. The highest BCUT2D eigenvalue weighted by Crippen LogP contribution is 2.33. The van der Waals surface area contributed by atoms with Crippen LogP contribution < -0.4 is 0 Å². The minimum atomic E-state index is 0.183. The highest BCUT2D eigenvalue weighted by Gasteiger charge is 2.21. The van der Waals surface area contributed by atoms with Crippen molar-refractivity contribution in [1.29, 1.82) is 0 Å². The lowest BCUT2D eigenvalue weighted by Crippen LogP contribution is -2.12. The molecule has 1 saturated carbocycles. The highest BCUT2D eigenvalue weighted by atomic mass is 16.1. The van der Waals surface area contributed by atoms with E-state index in [2.05, 4.69) is 120 Å². The summed E-state index contributed by atoms with van der Waals surface area (Å²) in [5.74, 6) is 0.183. The lowest BCUT2D eigenvalue weighted by atomic mass is 9.86. The third-order valence-corrected chi connectivity index (χ3v) is 8.03. The molecule has 0 bridgehead atoms. The Hall–Kier alpha value is -4.37. The number of nitrogens with zero attached hydrogens (tertiary/aromatic N) is 2. The van der Waals surface area contributed by atoms with Crippen LogP contribution in [0.25, 0.3) is 55.8 Å². The molecule has 3 heteroatoms. The maximum Gasteiger partial charge on any atom is 0.185 e. The number of Topliss-reactive ketones (excluding diaryl/α,β-unsaturated/α-hetero) is 1. The van der Waals surface area contributed by atoms with Gasteiger partial charge in [0.2, 0.25) is 0 Å². The van der Waals surface area contributed by atoms with E-state index in [1.165, 1.54) is 43.6 Å². The van der Waals surface area contributed by atoms with E-state index in [-0.39, 0.29) is 5.78 Å². The summed E-state index contributed by atoms with van der Waals surface area (Å²) in [5.41, 5.74) is 8.86. The number of fused-ring (bicyclic) bond motifs is 6. The van der Waals surface area contributed by atoms with Crippen molar-refractivity contribution in [1.82, 2.24) is 9.13 Å². The first kappa shape index (κ1) is 21.9. The number of allylic oxidation sites excluding steroid dienone is 2. The normalized spacial score (nSPS) is 16.8. The SMILES string of the molecule is Cn1c2ccccc2c2cc(/C=C3\CCC/C(=C\c4ccc5c(c4)c4ccccc4n5C)C3=O)ccc21. The molecule has 2 aromatic heterocycles. The highest BCUT2D eigenvalue weighted by molar-refractivity contribution is 6.15. The van der Waals surface area contributed by atoms with Gasteiger partial charge in [-0.25, -0.2) is 0 Å². The molecule has 0 radical (unpaired) electrons. The van der Waals surface area contributed by atoms with Gasteiger partial charge in [0.15, 0.2) is 5.78 Å². The number of para-hydroxylation sites is 2. The first-order chi connectivity index (χ1) is 18.1. The molecule has 1 aliphatic rings. The van der Waals surface area contributed by atoms with Crippen molar-refractivity contribution in [2.24, 2.45) is 14.1 Å². The molecule has 0 amide bonds. The summed E-state index contributed by atoms with van der Waals surface area (Å²) in [6.45, 7) is 0. The lowest BCUT2D eigenvalue weighted by Gasteiger charge is -2.16. The van der Waals surface area contributed by atoms with Crippen molar-refractivity contribution in [2.75, 3.05) is 0 Å². The number of aromatic nitrogens is 2. The molecule has 0 unspecified atom stereocenters. The number of hydrogen-bond donors (Lipinski definition) is 0. The number of carbonyl (C=O) groups is 1. The first-order valence-corrected chi connectivity index (χ1v) is 13.0. The van der Waals surface area contributed by atoms with Gasteiger partial charge in [-0.15, -0.1) is 0 Å². The van der Waals surface area contributed by atoms with Crippen molar-refractivity contribution < 1.29 is 4.79 Å². The number of carbonyl (C=O) groups excluding carboxylic acids is 1. The van der Waals surface area contributed by atoms with Gasteiger partial charge < -0.3 is 9.13 Å². The summed E-state index contributed by atoms with van der Waals surface area (Å²) >= 11 is 0. The molecule has 7 rings (SSSR count). The Labute approximate surface area is 215 Å². The van der Waals surface area contributed by atoms with Crippen LogP contribution in [0.4, 0.5) is 0 Å². The molecule has 0 spiro atoms. The van der Waals surface area contributed by atoms with Gasteiger partial charge in [0.1, 0.15) is 0 Å². The molecule has 0 atom stereocenters. The summed E-state index contributed by atoms with van der Waals surface area (Å²) in [6.07, 6.45) is 6.85. The molecule has 2 heterocycles. The third kappa shape index (κ3) is 3.46. The average molecular weight is 481 g/mol. The number of aryl methyl sites for hydroxylation is 2. The van der Waals surface area contributed by atoms with Gasteiger partial charge in [-0.2, -0.15) is 0 Å². The van der Waals surface area contributed by atoms with Crippen LogP contribution in [0.5, 0.6) is 0 Å². The van der Waals surface area contributed by atoms with E-state index in [0.29, 0.717) is 0 Å². The Morgan fingerprint density at radius 2 is 1.00 bits per heavy atom. The third-order valence-electron chi connectivity index (χ3n) is 8.03. The van der Waals surface area contributed by atoms with Gasteiger partial charge in [-0.05, 0) is 78.9 Å². The van der Waals surface area contributed by atoms with Gasteiger partial charge in [0.05, 0.1) is 0 Å². The molecule has 0 N–H and O–H groups in total. The smallest absolute Gasteiger partial charge is 0.185 e. The second-order valence-corrected chi connectivity index (χ2v) is 10.2. The van der Waals surface area contributed by atoms with Crippen molar-refractivity contribution >= 4 is 61.5 Å². The molecule has 1 aliphatic carbocycles. The van der Waals surface area contributed by atoms with E-state index >= 15 is 0 Å². The minimum Gasteiger partial charge on any atom is -0.344 e. The van der Waals surface area contributed by atoms with Gasteiger partial charge in [0, 0.05) is 68.9 Å². The summed E-state index contributed by atoms with van der Waals surface area (Å²) < 4.78 is 4.47. The van der Waals surface area contributed by atoms with Crippen LogP contribution in [-0.2, 0) is 18.9 Å². The molecule has 1 fully saturated rings. The zero-order valence-corrected chi connectivity index (χ0v) is 21.2. The van der Waals surface area contributed by atoms with E-state index < -0.39 is 0 Å². The predicted octanol–water partition coefficient (Wildman–Crippen LogP) is 8.20. The molecule has 6 aromatic rings. The summed E-state index contributed by atoms with van der Waals surface area (Å²) in [4.78, 5) is 13.5. The van der Waals surface area contributed by atoms with Crippen molar-refractivity contribution in [3.8, 4) is 0 Å². The molecule has 3 nitrogen and oxygen atoms in total.